The van der Waals surface area contributed by atoms with Crippen molar-refractivity contribution >= 4 is 15.9 Å². The van der Waals surface area contributed by atoms with Gasteiger partial charge in [0, 0.05) is 24.6 Å². The van der Waals surface area contributed by atoms with Gasteiger partial charge in [-0.1, -0.05) is 13.8 Å². The van der Waals surface area contributed by atoms with E-state index < -0.39 is 0 Å². The van der Waals surface area contributed by atoms with Crippen LogP contribution in [0.2, 0.25) is 0 Å². The van der Waals surface area contributed by atoms with E-state index in [2.05, 4.69) is 39.9 Å². The van der Waals surface area contributed by atoms with Crippen molar-refractivity contribution in [2.24, 2.45) is 11.7 Å². The summed E-state index contributed by atoms with van der Waals surface area (Å²) in [5, 5.41) is 4.23. The molecular formula is C12H17BrN4O. The van der Waals surface area contributed by atoms with Gasteiger partial charge in [0.2, 0.25) is 0 Å². The Balaban J connectivity index is 2.10. The molecule has 0 spiro atoms. The SMILES string of the molecule is CC(C)Cn1ncnc1CC(N)c1ccoc1Br. The summed E-state index contributed by atoms with van der Waals surface area (Å²) in [6, 6.07) is 1.73. The van der Waals surface area contributed by atoms with Gasteiger partial charge in [0.1, 0.15) is 12.2 Å². The van der Waals surface area contributed by atoms with Crippen LogP contribution < -0.4 is 5.73 Å². The first-order valence-corrected chi connectivity index (χ1v) is 6.72. The smallest absolute Gasteiger partial charge is 0.173 e. The Morgan fingerprint density at radius 3 is 2.89 bits per heavy atom. The average Bonchev–Trinajstić information content (AvgIpc) is 2.88. The minimum Gasteiger partial charge on any atom is -0.457 e. The van der Waals surface area contributed by atoms with Crippen LogP contribution in [0.4, 0.5) is 0 Å². The summed E-state index contributed by atoms with van der Waals surface area (Å²) >= 11 is 3.34. The lowest BCUT2D eigenvalue weighted by atomic mass is 10.1. The summed E-state index contributed by atoms with van der Waals surface area (Å²) in [4.78, 5) is 4.27. The van der Waals surface area contributed by atoms with E-state index in [1.165, 1.54) is 0 Å². The summed E-state index contributed by atoms with van der Waals surface area (Å²) in [6.45, 7) is 5.16. The van der Waals surface area contributed by atoms with Gasteiger partial charge in [-0.25, -0.2) is 9.67 Å². The molecule has 1 atom stereocenters. The van der Waals surface area contributed by atoms with Gasteiger partial charge in [-0.15, -0.1) is 0 Å². The monoisotopic (exact) mass is 312 g/mol. The van der Waals surface area contributed by atoms with Crippen LogP contribution in [0.25, 0.3) is 0 Å². The van der Waals surface area contributed by atoms with Crippen LogP contribution in [-0.4, -0.2) is 14.8 Å². The highest BCUT2D eigenvalue weighted by atomic mass is 79.9. The lowest BCUT2D eigenvalue weighted by Gasteiger charge is -2.12. The van der Waals surface area contributed by atoms with Crippen LogP contribution in [-0.2, 0) is 13.0 Å². The molecule has 2 N–H and O–H groups in total. The van der Waals surface area contributed by atoms with Crippen LogP contribution >= 0.6 is 15.9 Å². The molecule has 0 fully saturated rings. The third-order valence-electron chi connectivity index (χ3n) is 2.68. The summed E-state index contributed by atoms with van der Waals surface area (Å²) in [6.07, 6.45) is 3.85. The fraction of sp³-hybridized carbons (Fsp3) is 0.500. The first kappa shape index (κ1) is 13.3. The molecule has 1 unspecified atom stereocenters. The fourth-order valence-electron chi connectivity index (χ4n) is 1.82. The molecule has 0 amide bonds. The van der Waals surface area contributed by atoms with Crippen LogP contribution in [0, 0.1) is 5.92 Å². The first-order valence-electron chi connectivity index (χ1n) is 5.93. The van der Waals surface area contributed by atoms with Gasteiger partial charge in [-0.3, -0.25) is 0 Å². The molecule has 6 heteroatoms. The van der Waals surface area contributed by atoms with Crippen molar-refractivity contribution < 1.29 is 4.42 Å². The van der Waals surface area contributed by atoms with E-state index in [0.717, 1.165) is 17.9 Å². The maximum atomic E-state index is 6.16. The van der Waals surface area contributed by atoms with Gasteiger partial charge in [-0.05, 0) is 27.9 Å². The molecule has 0 aliphatic rings. The molecular weight excluding hydrogens is 296 g/mol. The number of furan rings is 1. The van der Waals surface area contributed by atoms with Crippen LogP contribution in [0.15, 0.2) is 27.7 Å². The fourth-order valence-corrected chi connectivity index (χ4v) is 2.36. The third kappa shape index (κ3) is 3.00. The van der Waals surface area contributed by atoms with Crippen LogP contribution in [0.5, 0.6) is 0 Å². The molecule has 0 aliphatic carbocycles. The van der Waals surface area contributed by atoms with Gasteiger partial charge in [0.15, 0.2) is 4.67 Å². The van der Waals surface area contributed by atoms with Crippen molar-refractivity contribution in [1.29, 1.82) is 0 Å². The molecule has 0 aromatic carbocycles. The van der Waals surface area contributed by atoms with Crippen molar-refractivity contribution in [3.05, 3.63) is 34.7 Å². The second-order valence-electron chi connectivity index (χ2n) is 4.71. The number of hydrogen-bond acceptors (Lipinski definition) is 4. The number of hydrogen-bond donors (Lipinski definition) is 1. The maximum Gasteiger partial charge on any atom is 0.173 e. The highest BCUT2D eigenvalue weighted by Gasteiger charge is 2.16. The molecule has 2 aromatic rings. The van der Waals surface area contributed by atoms with Gasteiger partial charge in [0.05, 0.1) is 6.26 Å². The largest absolute Gasteiger partial charge is 0.457 e. The van der Waals surface area contributed by atoms with Gasteiger partial charge in [0.25, 0.3) is 0 Å². The molecule has 0 aliphatic heterocycles. The number of aromatic nitrogens is 3. The topological polar surface area (TPSA) is 69.9 Å². The van der Waals surface area contributed by atoms with Crippen LogP contribution in [0.3, 0.4) is 0 Å². The standard InChI is InChI=1S/C12H17BrN4O/c1-8(2)6-17-11(15-7-16-17)5-10(14)9-3-4-18-12(9)13/h3-4,7-8,10H,5-6,14H2,1-2H3. The van der Waals surface area contributed by atoms with Crippen molar-refractivity contribution in [1.82, 2.24) is 14.8 Å². The lowest BCUT2D eigenvalue weighted by Crippen LogP contribution is -2.18. The Morgan fingerprint density at radius 2 is 2.28 bits per heavy atom. The Hall–Kier alpha value is -1.14. The van der Waals surface area contributed by atoms with E-state index in [4.69, 9.17) is 10.2 Å². The zero-order chi connectivity index (χ0) is 13.1. The Labute approximate surface area is 115 Å². The predicted molar refractivity (Wildman–Crippen MR) is 71.9 cm³/mol. The Morgan fingerprint density at radius 1 is 1.50 bits per heavy atom. The molecule has 2 aromatic heterocycles. The van der Waals surface area contributed by atoms with Gasteiger partial charge >= 0.3 is 0 Å². The second-order valence-corrected chi connectivity index (χ2v) is 5.43. The van der Waals surface area contributed by atoms with Gasteiger partial charge < -0.3 is 10.2 Å². The van der Waals surface area contributed by atoms with E-state index >= 15 is 0 Å². The van der Waals surface area contributed by atoms with Crippen molar-refractivity contribution in [2.45, 2.75) is 32.9 Å². The minimum absolute atomic E-state index is 0.145. The van der Waals surface area contributed by atoms with E-state index in [0.29, 0.717) is 17.0 Å². The summed E-state index contributed by atoms with van der Waals surface area (Å²) in [5.41, 5.74) is 7.11. The normalized spacial score (nSPS) is 13.2. The van der Waals surface area contributed by atoms with Crippen molar-refractivity contribution in [3.63, 3.8) is 0 Å². The molecule has 5 nitrogen and oxygen atoms in total. The molecule has 2 heterocycles. The Bertz CT molecular complexity index is 506. The van der Waals surface area contributed by atoms with Crippen molar-refractivity contribution in [3.8, 4) is 0 Å². The van der Waals surface area contributed by atoms with Crippen LogP contribution in [0.1, 0.15) is 31.3 Å². The summed E-state index contributed by atoms with van der Waals surface area (Å²) < 4.78 is 7.79. The van der Waals surface area contributed by atoms with E-state index in [1.807, 2.05) is 10.7 Å². The third-order valence-corrected chi connectivity index (χ3v) is 3.33. The van der Waals surface area contributed by atoms with E-state index in [-0.39, 0.29) is 6.04 Å². The zero-order valence-electron chi connectivity index (χ0n) is 10.5. The number of nitrogens with zero attached hydrogens (tertiary/aromatic N) is 3. The number of nitrogens with two attached hydrogens (primary N) is 1. The lowest BCUT2D eigenvalue weighted by molar-refractivity contribution is 0.458. The molecule has 0 saturated carbocycles. The van der Waals surface area contributed by atoms with E-state index in [9.17, 15) is 0 Å². The quantitative estimate of drug-likeness (QED) is 0.921. The highest BCUT2D eigenvalue weighted by Crippen LogP contribution is 2.25. The molecule has 98 valence electrons. The number of rotatable bonds is 5. The molecule has 18 heavy (non-hydrogen) atoms. The maximum absolute atomic E-state index is 6.16. The Kier molecular flexibility index (Phi) is 4.19. The van der Waals surface area contributed by atoms with Crippen molar-refractivity contribution in [2.75, 3.05) is 0 Å². The van der Waals surface area contributed by atoms with E-state index in [1.54, 1.807) is 12.6 Å². The summed E-state index contributed by atoms with van der Waals surface area (Å²) in [7, 11) is 0. The average molecular weight is 313 g/mol. The highest BCUT2D eigenvalue weighted by molar-refractivity contribution is 9.10. The molecule has 0 bridgehead atoms. The zero-order valence-corrected chi connectivity index (χ0v) is 12.1. The second kappa shape index (κ2) is 5.67. The molecule has 2 rings (SSSR count). The predicted octanol–water partition coefficient (Wildman–Crippen LogP) is 2.53. The molecule has 0 saturated heterocycles. The molecule has 0 radical (unpaired) electrons. The number of halogens is 1. The first-order chi connectivity index (χ1) is 8.58. The minimum atomic E-state index is -0.145. The van der Waals surface area contributed by atoms with Gasteiger partial charge in [-0.2, -0.15) is 5.10 Å². The summed E-state index contributed by atoms with van der Waals surface area (Å²) in [5.74, 6) is 1.44.